The van der Waals surface area contributed by atoms with Gasteiger partial charge in [0, 0.05) is 12.1 Å². The van der Waals surface area contributed by atoms with E-state index in [0.717, 1.165) is 21.5 Å². The molecule has 0 heterocycles. The number of amides is 2. The number of benzene rings is 3. The van der Waals surface area contributed by atoms with Crippen LogP contribution in [0.25, 0.3) is 0 Å². The van der Waals surface area contributed by atoms with Crippen LogP contribution in [0.2, 0.25) is 0 Å². The van der Waals surface area contributed by atoms with E-state index >= 15 is 0 Å². The second kappa shape index (κ2) is 12.4. The standard InChI is InChI=1S/C30H36FN3O4S/c1-6-26(29(36)32-30(3,4)5)33(20-23-12-8-7-9-13-23)28(35)21-34(27-15-11-10-14-25(27)31)39(37,38)24-18-16-22(2)17-19-24/h7-19,26H,6,20-21H2,1-5H3,(H,32,36)/t26-/m0/s1. The van der Waals surface area contributed by atoms with Gasteiger partial charge in [0.05, 0.1) is 10.6 Å². The number of hydrogen-bond acceptors (Lipinski definition) is 4. The number of aryl methyl sites for hydroxylation is 1. The fourth-order valence-corrected chi connectivity index (χ4v) is 5.58. The highest BCUT2D eigenvalue weighted by Crippen LogP contribution is 2.27. The largest absolute Gasteiger partial charge is 0.350 e. The Hall–Kier alpha value is -3.72. The smallest absolute Gasteiger partial charge is 0.264 e. The SMILES string of the molecule is CC[C@@H](C(=O)NC(C)(C)C)N(Cc1ccccc1)C(=O)CN(c1ccccc1F)S(=O)(=O)c1ccc(C)cc1. The molecule has 3 aromatic rings. The molecule has 1 N–H and O–H groups in total. The lowest BCUT2D eigenvalue weighted by atomic mass is 10.1. The number of hydrogen-bond donors (Lipinski definition) is 1. The molecule has 3 rings (SSSR count). The molecule has 2 amide bonds. The van der Waals surface area contributed by atoms with E-state index < -0.39 is 39.9 Å². The monoisotopic (exact) mass is 553 g/mol. The van der Waals surface area contributed by atoms with Gasteiger partial charge in [-0.05, 0) is 63.9 Å². The second-order valence-electron chi connectivity index (χ2n) is 10.4. The first-order chi connectivity index (χ1) is 18.3. The third kappa shape index (κ3) is 7.66. The molecular formula is C30H36FN3O4S. The van der Waals surface area contributed by atoms with Gasteiger partial charge in [0.2, 0.25) is 11.8 Å². The van der Waals surface area contributed by atoms with Crippen LogP contribution in [0.1, 0.15) is 45.2 Å². The van der Waals surface area contributed by atoms with Crippen LogP contribution in [-0.2, 0) is 26.2 Å². The molecule has 0 aliphatic heterocycles. The molecule has 0 aromatic heterocycles. The number of nitrogens with zero attached hydrogens (tertiary/aromatic N) is 2. The molecule has 208 valence electrons. The van der Waals surface area contributed by atoms with Gasteiger partial charge in [0.1, 0.15) is 18.4 Å². The van der Waals surface area contributed by atoms with Crippen molar-refractivity contribution in [3.63, 3.8) is 0 Å². The van der Waals surface area contributed by atoms with Gasteiger partial charge in [0.15, 0.2) is 0 Å². The van der Waals surface area contributed by atoms with Gasteiger partial charge in [0.25, 0.3) is 10.0 Å². The molecular weight excluding hydrogens is 517 g/mol. The zero-order chi connectivity index (χ0) is 28.8. The fraction of sp³-hybridized carbons (Fsp3) is 0.333. The molecule has 0 aliphatic rings. The summed E-state index contributed by atoms with van der Waals surface area (Å²) in [6.45, 7) is 8.52. The normalized spacial score (nSPS) is 12.5. The van der Waals surface area contributed by atoms with E-state index in [-0.39, 0.29) is 23.0 Å². The van der Waals surface area contributed by atoms with Crippen LogP contribution in [0.3, 0.4) is 0 Å². The summed E-state index contributed by atoms with van der Waals surface area (Å²) in [5, 5.41) is 2.92. The molecule has 1 atom stereocenters. The quantitative estimate of drug-likeness (QED) is 0.381. The van der Waals surface area contributed by atoms with Gasteiger partial charge in [-0.15, -0.1) is 0 Å². The van der Waals surface area contributed by atoms with E-state index in [1.54, 1.807) is 19.1 Å². The third-order valence-electron chi connectivity index (χ3n) is 6.09. The topological polar surface area (TPSA) is 86.8 Å². The highest BCUT2D eigenvalue weighted by atomic mass is 32.2. The highest BCUT2D eigenvalue weighted by molar-refractivity contribution is 7.92. The zero-order valence-corrected chi connectivity index (χ0v) is 23.8. The summed E-state index contributed by atoms with van der Waals surface area (Å²) >= 11 is 0. The van der Waals surface area contributed by atoms with Gasteiger partial charge >= 0.3 is 0 Å². The maximum atomic E-state index is 15.0. The first-order valence-corrected chi connectivity index (χ1v) is 14.3. The molecule has 0 bridgehead atoms. The Labute approximate surface area is 230 Å². The third-order valence-corrected chi connectivity index (χ3v) is 7.86. The minimum absolute atomic E-state index is 0.0729. The summed E-state index contributed by atoms with van der Waals surface area (Å²) in [5.74, 6) is -1.77. The van der Waals surface area contributed by atoms with E-state index in [1.807, 2.05) is 58.0 Å². The lowest BCUT2D eigenvalue weighted by molar-refractivity contribution is -0.141. The van der Waals surface area contributed by atoms with Crippen molar-refractivity contribution in [2.45, 2.75) is 64.1 Å². The van der Waals surface area contributed by atoms with Crippen molar-refractivity contribution in [2.75, 3.05) is 10.8 Å². The average molecular weight is 554 g/mol. The number of halogens is 1. The second-order valence-corrected chi connectivity index (χ2v) is 12.3. The Morgan fingerprint density at radius 3 is 2.08 bits per heavy atom. The van der Waals surface area contributed by atoms with Crippen LogP contribution in [0.4, 0.5) is 10.1 Å². The van der Waals surface area contributed by atoms with Crippen LogP contribution in [0.5, 0.6) is 0 Å². The number of carbonyl (C=O) groups excluding carboxylic acids is 2. The predicted octanol–water partition coefficient (Wildman–Crippen LogP) is 5.05. The fourth-order valence-electron chi connectivity index (χ4n) is 4.16. The number of nitrogens with one attached hydrogen (secondary N) is 1. The van der Waals surface area contributed by atoms with Crippen LogP contribution in [0.15, 0.2) is 83.8 Å². The van der Waals surface area contributed by atoms with E-state index in [0.29, 0.717) is 6.42 Å². The summed E-state index contributed by atoms with van der Waals surface area (Å²) in [5.41, 5.74) is 0.831. The van der Waals surface area contributed by atoms with Gasteiger partial charge in [-0.2, -0.15) is 0 Å². The maximum absolute atomic E-state index is 15.0. The molecule has 39 heavy (non-hydrogen) atoms. The van der Waals surface area contributed by atoms with Crippen LogP contribution in [0, 0.1) is 12.7 Å². The van der Waals surface area contributed by atoms with Crippen molar-refractivity contribution in [2.24, 2.45) is 0 Å². The summed E-state index contributed by atoms with van der Waals surface area (Å²) in [6, 6.07) is 19.8. The lowest BCUT2D eigenvalue weighted by Crippen LogP contribution is -2.55. The van der Waals surface area contributed by atoms with Gasteiger partial charge in [-0.3, -0.25) is 13.9 Å². The average Bonchev–Trinajstić information content (AvgIpc) is 2.87. The van der Waals surface area contributed by atoms with Gasteiger partial charge < -0.3 is 10.2 Å². The van der Waals surface area contributed by atoms with E-state index in [2.05, 4.69) is 5.32 Å². The Kier molecular flexibility index (Phi) is 9.50. The summed E-state index contributed by atoms with van der Waals surface area (Å²) < 4.78 is 43.3. The summed E-state index contributed by atoms with van der Waals surface area (Å²) in [7, 11) is -4.33. The minimum Gasteiger partial charge on any atom is -0.350 e. The molecule has 0 spiro atoms. The number of anilines is 1. The zero-order valence-electron chi connectivity index (χ0n) is 23.0. The lowest BCUT2D eigenvalue weighted by Gasteiger charge is -2.34. The number of carbonyl (C=O) groups is 2. The number of rotatable bonds is 10. The van der Waals surface area contributed by atoms with Gasteiger partial charge in [-0.1, -0.05) is 67.1 Å². The Bertz CT molecular complexity index is 1390. The molecule has 0 fully saturated rings. The Balaban J connectivity index is 2.07. The molecule has 7 nitrogen and oxygen atoms in total. The Morgan fingerprint density at radius 2 is 1.51 bits per heavy atom. The van der Waals surface area contributed by atoms with Crippen LogP contribution >= 0.6 is 0 Å². The molecule has 0 aliphatic carbocycles. The van der Waals surface area contributed by atoms with Crippen molar-refractivity contribution in [1.82, 2.24) is 10.2 Å². The van der Waals surface area contributed by atoms with Crippen molar-refractivity contribution in [1.29, 1.82) is 0 Å². The van der Waals surface area contributed by atoms with Crippen LogP contribution < -0.4 is 9.62 Å². The van der Waals surface area contributed by atoms with E-state index in [9.17, 15) is 22.4 Å². The molecule has 9 heteroatoms. The number of sulfonamides is 1. The molecule has 0 saturated heterocycles. The number of para-hydroxylation sites is 1. The summed E-state index contributed by atoms with van der Waals surface area (Å²) in [4.78, 5) is 28.5. The molecule has 3 aromatic carbocycles. The summed E-state index contributed by atoms with van der Waals surface area (Å²) in [6.07, 6.45) is 0.297. The predicted molar refractivity (Wildman–Crippen MR) is 151 cm³/mol. The van der Waals surface area contributed by atoms with Crippen molar-refractivity contribution in [3.05, 3.63) is 95.8 Å². The highest BCUT2D eigenvalue weighted by Gasteiger charge is 2.35. The van der Waals surface area contributed by atoms with E-state index in [4.69, 9.17) is 0 Å². The molecule has 0 radical (unpaired) electrons. The van der Waals surface area contributed by atoms with Crippen molar-refractivity contribution >= 4 is 27.5 Å². The van der Waals surface area contributed by atoms with Crippen molar-refractivity contribution < 1.29 is 22.4 Å². The first kappa shape index (κ1) is 29.8. The minimum atomic E-state index is -4.33. The first-order valence-electron chi connectivity index (χ1n) is 12.8. The van der Waals surface area contributed by atoms with E-state index in [1.165, 1.54) is 35.2 Å². The van der Waals surface area contributed by atoms with Gasteiger partial charge in [-0.25, -0.2) is 12.8 Å². The van der Waals surface area contributed by atoms with Crippen molar-refractivity contribution in [3.8, 4) is 0 Å². The van der Waals surface area contributed by atoms with Crippen LogP contribution in [-0.4, -0.2) is 43.3 Å². The Morgan fingerprint density at radius 1 is 0.923 bits per heavy atom. The molecule has 0 saturated carbocycles. The maximum Gasteiger partial charge on any atom is 0.264 e. The molecule has 0 unspecified atom stereocenters.